The first-order chi connectivity index (χ1) is 20.8. The zero-order valence-electron chi connectivity index (χ0n) is 23.8. The Morgan fingerprint density at radius 2 is 1.39 bits per heavy atom. The number of hydrogen-bond donors (Lipinski definition) is 3. The van der Waals surface area contributed by atoms with Gasteiger partial charge < -0.3 is 16.8 Å². The molecule has 0 fully saturated rings. The van der Waals surface area contributed by atoms with E-state index in [1.165, 1.54) is 24.3 Å². The molecule has 0 spiro atoms. The number of nitrogens with zero attached hydrogens (tertiary/aromatic N) is 2. The van der Waals surface area contributed by atoms with Crippen molar-refractivity contribution in [2.24, 2.45) is 15.9 Å². The zero-order chi connectivity index (χ0) is 32.3. The molecule has 0 aliphatic carbocycles. The monoisotopic (exact) mass is 641 g/mol. The molecule has 0 aliphatic rings. The summed E-state index contributed by atoms with van der Waals surface area (Å²) in [6.45, 7) is 2.24. The number of carbonyl (C=O) groups excluding carboxylic acids is 1. The van der Waals surface area contributed by atoms with Crippen LogP contribution in [0.3, 0.4) is 0 Å². The number of amides is 1. The third-order valence-electron chi connectivity index (χ3n) is 6.18. The van der Waals surface area contributed by atoms with Crippen LogP contribution in [0.4, 0.5) is 5.69 Å². The van der Waals surface area contributed by atoms with Gasteiger partial charge in [0.2, 0.25) is 18.2 Å². The first-order valence-electron chi connectivity index (χ1n) is 13.3. The molecule has 1 aromatic heterocycles. The van der Waals surface area contributed by atoms with E-state index >= 15 is 0 Å². The molecule has 1 heterocycles. The van der Waals surface area contributed by atoms with Crippen molar-refractivity contribution in [3.63, 3.8) is 0 Å². The third-order valence-corrected chi connectivity index (χ3v) is 7.50. The van der Waals surface area contributed by atoms with Gasteiger partial charge in [0.25, 0.3) is 15.9 Å². The van der Waals surface area contributed by atoms with Crippen LogP contribution in [0, 0.1) is 10.2 Å². The lowest BCUT2D eigenvalue weighted by Gasteiger charge is -2.17. The minimum Gasteiger partial charge on any atom is -0.369 e. The number of nitrogens with one attached hydrogen (secondary N) is 1. The number of aryl methyl sites for hydroxylation is 1. The second-order valence-corrected chi connectivity index (χ2v) is 11.8. The second-order valence-electron chi connectivity index (χ2n) is 9.48. The zero-order valence-corrected chi connectivity index (χ0v) is 25.3. The van der Waals surface area contributed by atoms with Gasteiger partial charge in [0.05, 0.1) is 4.90 Å². The molecule has 0 atom stereocenters. The van der Waals surface area contributed by atoms with Crippen LogP contribution in [0.5, 0.6) is 0 Å². The smallest absolute Gasteiger partial charge is 0.290 e. The van der Waals surface area contributed by atoms with Gasteiger partial charge in [-0.05, 0) is 53.9 Å². The standard InChI is InChI=1S/C30H31N5O3S.ClHO4/c1-2-3-14-26-19-24(22-10-6-4-7-11-22)20-28(23-12-8-5-9-13-23)35(26)21-29(36)33-25-15-17-27(18-16-25)39(37,38)34-30(31)32;2-1(3,4)5/h4-13,15-20H,2-3,14,21H2,1H3,(H4-,31,32,33,34,36);(H,2,3,4,5). The summed E-state index contributed by atoms with van der Waals surface area (Å²) < 4.78 is 63.7. The topological polar surface area (TPSA) is 224 Å². The quantitative estimate of drug-likeness (QED) is 0.115. The van der Waals surface area contributed by atoms with Crippen molar-refractivity contribution in [2.75, 3.05) is 5.32 Å². The maximum Gasteiger partial charge on any atom is 0.290 e. The number of guanidine groups is 1. The molecule has 0 unspecified atom stereocenters. The van der Waals surface area contributed by atoms with E-state index in [1.807, 2.05) is 48.5 Å². The van der Waals surface area contributed by atoms with Crippen molar-refractivity contribution in [3.8, 4) is 22.4 Å². The van der Waals surface area contributed by atoms with E-state index in [0.717, 1.165) is 47.3 Å². The highest BCUT2D eigenvalue weighted by Crippen LogP contribution is 2.26. The molecule has 0 radical (unpaired) electrons. The summed E-state index contributed by atoms with van der Waals surface area (Å²) in [5.41, 5.74) is 16.1. The van der Waals surface area contributed by atoms with Crippen LogP contribution in [0.2, 0.25) is 0 Å². The summed E-state index contributed by atoms with van der Waals surface area (Å²) in [6, 6.07) is 30.2. The van der Waals surface area contributed by atoms with Crippen LogP contribution in [0.25, 0.3) is 22.4 Å². The summed E-state index contributed by atoms with van der Waals surface area (Å²) in [5.74, 6) is -0.780. The van der Waals surface area contributed by atoms with Crippen molar-refractivity contribution >= 4 is 27.6 Å². The maximum absolute atomic E-state index is 13.3. The fraction of sp³-hybridized carbons (Fsp3) is 0.167. The van der Waals surface area contributed by atoms with Gasteiger partial charge in [0.1, 0.15) is 0 Å². The van der Waals surface area contributed by atoms with E-state index in [9.17, 15) is 13.2 Å². The molecule has 1 amide bonds. The summed E-state index contributed by atoms with van der Waals surface area (Å²) in [5, 5.41) is 2.88. The summed E-state index contributed by atoms with van der Waals surface area (Å²) >= 11 is 0. The van der Waals surface area contributed by atoms with Gasteiger partial charge in [-0.25, -0.2) is 18.6 Å². The van der Waals surface area contributed by atoms with Crippen LogP contribution in [0.1, 0.15) is 25.5 Å². The summed E-state index contributed by atoms with van der Waals surface area (Å²) in [7, 11) is -8.95. The van der Waals surface area contributed by atoms with Crippen LogP contribution >= 0.6 is 0 Å². The molecule has 12 nitrogen and oxygen atoms in total. The highest BCUT2D eigenvalue weighted by molar-refractivity contribution is 7.90. The highest BCUT2D eigenvalue weighted by atomic mass is 35.7. The van der Waals surface area contributed by atoms with E-state index in [1.54, 1.807) is 0 Å². The van der Waals surface area contributed by atoms with Crippen LogP contribution in [-0.2, 0) is 27.8 Å². The van der Waals surface area contributed by atoms with Crippen molar-refractivity contribution < 1.29 is 46.7 Å². The number of nitrogens with two attached hydrogens (primary N) is 2. The average molecular weight is 642 g/mol. The van der Waals surface area contributed by atoms with Crippen LogP contribution < -0.4 is 40.0 Å². The Morgan fingerprint density at radius 3 is 1.91 bits per heavy atom. The van der Waals surface area contributed by atoms with E-state index in [4.69, 9.17) is 30.1 Å². The first-order valence-corrected chi connectivity index (χ1v) is 16.0. The Morgan fingerprint density at radius 1 is 0.841 bits per heavy atom. The molecule has 14 heteroatoms. The fourth-order valence-electron chi connectivity index (χ4n) is 4.32. The van der Waals surface area contributed by atoms with Crippen LogP contribution in [-0.4, -0.2) is 20.3 Å². The minimum absolute atomic E-state index is 0.0759. The molecular formula is C30H32ClN5O7S. The average Bonchev–Trinajstić information content (AvgIpc) is 2.96. The van der Waals surface area contributed by atoms with Gasteiger partial charge in [0.15, 0.2) is 5.69 Å². The van der Waals surface area contributed by atoms with Gasteiger partial charge in [-0.2, -0.15) is 13.0 Å². The number of anilines is 1. The number of pyridine rings is 1. The highest BCUT2D eigenvalue weighted by Gasteiger charge is 2.24. The van der Waals surface area contributed by atoms with E-state index < -0.39 is 26.2 Å². The number of halogens is 1. The lowest BCUT2D eigenvalue weighted by atomic mass is 9.99. The number of unbranched alkanes of at least 4 members (excludes halogenated alkanes) is 1. The number of rotatable bonds is 10. The van der Waals surface area contributed by atoms with Crippen molar-refractivity contribution in [3.05, 3.63) is 103 Å². The predicted octanol–water partition coefficient (Wildman–Crippen LogP) is -0.504. The van der Waals surface area contributed by atoms with Gasteiger partial charge >= 0.3 is 0 Å². The Hall–Kier alpha value is -4.37. The molecular weight excluding hydrogens is 610 g/mol. The fourth-order valence-corrected chi connectivity index (χ4v) is 5.18. The third kappa shape index (κ3) is 10.7. The van der Waals surface area contributed by atoms with Gasteiger partial charge in [-0.3, -0.25) is 4.79 Å². The molecule has 4 rings (SSSR count). The van der Waals surface area contributed by atoms with E-state index in [2.05, 4.69) is 45.5 Å². The molecule has 0 aliphatic heterocycles. The molecule has 3 aromatic carbocycles. The molecule has 0 bridgehead atoms. The molecule has 232 valence electrons. The number of benzene rings is 3. The minimum atomic E-state index is -4.94. The van der Waals surface area contributed by atoms with E-state index in [-0.39, 0.29) is 17.3 Å². The normalized spacial score (nSPS) is 11.2. The molecule has 5 N–H and O–H groups in total. The summed E-state index contributed by atoms with van der Waals surface area (Å²) in [4.78, 5) is 13.2. The Balaban J connectivity index is 0.000000978. The number of carbonyl (C=O) groups is 1. The maximum atomic E-state index is 13.3. The van der Waals surface area contributed by atoms with Gasteiger partial charge in [0, 0.05) is 29.8 Å². The van der Waals surface area contributed by atoms with E-state index in [0.29, 0.717) is 5.69 Å². The number of sulfonamides is 1. The predicted molar refractivity (Wildman–Crippen MR) is 154 cm³/mol. The molecule has 0 saturated heterocycles. The Bertz CT molecular complexity index is 1670. The molecule has 4 aromatic rings. The van der Waals surface area contributed by atoms with Gasteiger partial charge in [-0.15, -0.1) is 14.6 Å². The lowest BCUT2D eigenvalue weighted by molar-refractivity contribution is -2.00. The molecule has 0 saturated carbocycles. The molecule has 44 heavy (non-hydrogen) atoms. The van der Waals surface area contributed by atoms with Crippen LogP contribution in [0.15, 0.2) is 106 Å². The Kier molecular flexibility index (Phi) is 11.9. The lowest BCUT2D eigenvalue weighted by Crippen LogP contribution is -2.68. The second kappa shape index (κ2) is 15.4. The number of hydrogen-bond acceptors (Lipinski definition) is 7. The first kappa shape index (κ1) is 34.1. The number of aromatic nitrogens is 1. The van der Waals surface area contributed by atoms with Crippen molar-refractivity contribution in [1.82, 2.24) is 0 Å². The summed E-state index contributed by atoms with van der Waals surface area (Å²) in [6.07, 6.45) is 2.83. The van der Waals surface area contributed by atoms with Gasteiger partial charge in [-0.1, -0.05) is 61.9 Å². The van der Waals surface area contributed by atoms with Crippen molar-refractivity contribution in [1.29, 1.82) is 0 Å². The largest absolute Gasteiger partial charge is 0.369 e. The van der Waals surface area contributed by atoms with Crippen molar-refractivity contribution in [2.45, 2.75) is 37.6 Å². The Labute approximate surface area is 257 Å². The SMILES string of the molecule is CCCCc1cc(-c2ccccc2)cc(-c2ccccc2)[n+]1CC(=O)Nc1ccc(S(=O)(=O)N=C(N)N)cc1.[O-][Cl+3]([O-])([O-])[O-].